The Labute approximate surface area is 87.6 Å². The van der Waals surface area contributed by atoms with E-state index in [2.05, 4.69) is 0 Å². The van der Waals surface area contributed by atoms with Crippen LogP contribution in [0.25, 0.3) is 0 Å². The van der Waals surface area contributed by atoms with Crippen LogP contribution < -0.4 is 5.73 Å². The SMILES string of the molecule is CC1(C(=O)N2CCC[C@@H](N)C2)CC1(F)F. The van der Waals surface area contributed by atoms with Crippen LogP contribution in [0.4, 0.5) is 8.78 Å². The highest BCUT2D eigenvalue weighted by Gasteiger charge is 2.73. The lowest BCUT2D eigenvalue weighted by Crippen LogP contribution is -2.48. The van der Waals surface area contributed by atoms with Crippen LogP contribution in [0.3, 0.4) is 0 Å². The van der Waals surface area contributed by atoms with Gasteiger partial charge in [-0.25, -0.2) is 8.78 Å². The van der Waals surface area contributed by atoms with Crippen molar-refractivity contribution in [2.75, 3.05) is 13.1 Å². The van der Waals surface area contributed by atoms with Gasteiger partial charge in [-0.3, -0.25) is 4.79 Å². The molecule has 1 heterocycles. The van der Waals surface area contributed by atoms with E-state index >= 15 is 0 Å². The first kappa shape index (κ1) is 10.8. The molecule has 0 radical (unpaired) electrons. The number of amides is 1. The minimum absolute atomic E-state index is 0.0568. The lowest BCUT2D eigenvalue weighted by molar-refractivity contribution is -0.141. The maximum absolute atomic E-state index is 13.0. The number of rotatable bonds is 1. The maximum Gasteiger partial charge on any atom is 0.263 e. The van der Waals surface area contributed by atoms with Crippen LogP contribution in [-0.4, -0.2) is 35.9 Å². The highest BCUT2D eigenvalue weighted by atomic mass is 19.3. The molecule has 0 spiro atoms. The third-order valence-corrected chi connectivity index (χ3v) is 3.47. The maximum atomic E-state index is 13.0. The predicted octanol–water partition coefficient (Wildman–Crippen LogP) is 0.981. The largest absolute Gasteiger partial charge is 0.340 e. The number of likely N-dealkylation sites (tertiary alicyclic amines) is 1. The molecular weight excluding hydrogens is 202 g/mol. The molecular formula is C10H16F2N2O. The van der Waals surface area contributed by atoms with Crippen molar-refractivity contribution in [3.63, 3.8) is 0 Å². The lowest BCUT2D eigenvalue weighted by atomic mass is 10.0. The second kappa shape index (κ2) is 3.14. The molecule has 2 fully saturated rings. The van der Waals surface area contributed by atoms with Gasteiger partial charge in [0.2, 0.25) is 5.91 Å². The minimum atomic E-state index is -2.81. The molecule has 1 saturated heterocycles. The molecule has 0 bridgehead atoms. The number of carbonyl (C=O) groups is 1. The summed E-state index contributed by atoms with van der Waals surface area (Å²) in [6.07, 6.45) is 1.37. The summed E-state index contributed by atoms with van der Waals surface area (Å²) in [5, 5.41) is 0. The van der Waals surface area contributed by atoms with E-state index in [4.69, 9.17) is 5.73 Å². The van der Waals surface area contributed by atoms with E-state index in [0.29, 0.717) is 13.1 Å². The lowest BCUT2D eigenvalue weighted by Gasteiger charge is -2.32. The minimum Gasteiger partial charge on any atom is -0.340 e. The second-order valence-corrected chi connectivity index (χ2v) is 4.87. The van der Waals surface area contributed by atoms with Crippen LogP contribution >= 0.6 is 0 Å². The fourth-order valence-electron chi connectivity index (χ4n) is 2.18. The van der Waals surface area contributed by atoms with Crippen LogP contribution in [0, 0.1) is 5.41 Å². The molecule has 0 aromatic heterocycles. The van der Waals surface area contributed by atoms with Crippen molar-refractivity contribution in [2.45, 2.75) is 38.2 Å². The Morgan fingerprint density at radius 2 is 2.13 bits per heavy atom. The molecule has 5 heteroatoms. The number of nitrogens with two attached hydrogens (primary N) is 1. The standard InChI is InChI=1S/C10H16F2N2O/c1-9(6-10(9,11)12)8(15)14-4-2-3-7(13)5-14/h7H,2-6,13H2,1H3/t7-,9?/m1/s1. The van der Waals surface area contributed by atoms with Gasteiger partial charge in [0.05, 0.1) is 0 Å². The van der Waals surface area contributed by atoms with Gasteiger partial charge in [0, 0.05) is 25.6 Å². The van der Waals surface area contributed by atoms with Crippen molar-refractivity contribution >= 4 is 5.91 Å². The zero-order valence-electron chi connectivity index (χ0n) is 8.80. The first-order valence-electron chi connectivity index (χ1n) is 5.30. The van der Waals surface area contributed by atoms with Gasteiger partial charge in [-0.05, 0) is 19.8 Å². The Hall–Kier alpha value is -0.710. The Balaban J connectivity index is 2.03. The van der Waals surface area contributed by atoms with Crippen LogP contribution in [0.5, 0.6) is 0 Å². The fraction of sp³-hybridized carbons (Fsp3) is 0.900. The third-order valence-electron chi connectivity index (χ3n) is 3.47. The monoisotopic (exact) mass is 218 g/mol. The highest BCUT2D eigenvalue weighted by Crippen LogP contribution is 2.61. The zero-order chi connectivity index (χ0) is 11.3. The summed E-state index contributed by atoms with van der Waals surface area (Å²) in [6.45, 7) is 2.33. The normalized spacial score (nSPS) is 38.9. The summed E-state index contributed by atoms with van der Waals surface area (Å²) in [5.41, 5.74) is 4.26. The first-order valence-corrected chi connectivity index (χ1v) is 5.30. The second-order valence-electron chi connectivity index (χ2n) is 4.87. The topological polar surface area (TPSA) is 46.3 Å². The molecule has 2 atom stereocenters. The van der Waals surface area contributed by atoms with Gasteiger partial charge < -0.3 is 10.6 Å². The summed E-state index contributed by atoms with van der Waals surface area (Å²) in [6, 6.07) is -0.0568. The van der Waals surface area contributed by atoms with Gasteiger partial charge in [0.15, 0.2) is 0 Å². The van der Waals surface area contributed by atoms with Crippen molar-refractivity contribution < 1.29 is 13.6 Å². The number of nitrogens with zero attached hydrogens (tertiary/aromatic N) is 1. The number of alkyl halides is 2. The van der Waals surface area contributed by atoms with Crippen LogP contribution in [0.1, 0.15) is 26.2 Å². The van der Waals surface area contributed by atoms with Gasteiger partial charge in [-0.1, -0.05) is 0 Å². The highest BCUT2D eigenvalue weighted by molar-refractivity contribution is 5.87. The van der Waals surface area contributed by atoms with Crippen LogP contribution in [0.2, 0.25) is 0 Å². The average molecular weight is 218 g/mol. The van der Waals surface area contributed by atoms with Gasteiger partial charge in [0.25, 0.3) is 5.92 Å². The number of hydrogen-bond acceptors (Lipinski definition) is 2. The zero-order valence-corrected chi connectivity index (χ0v) is 8.80. The van der Waals surface area contributed by atoms with E-state index in [1.807, 2.05) is 0 Å². The number of halogens is 2. The molecule has 1 unspecified atom stereocenters. The summed E-state index contributed by atoms with van der Waals surface area (Å²) >= 11 is 0. The molecule has 2 aliphatic rings. The third kappa shape index (κ3) is 1.62. The van der Waals surface area contributed by atoms with Crippen molar-refractivity contribution in [3.8, 4) is 0 Å². The molecule has 1 saturated carbocycles. The molecule has 2 rings (SSSR count). The van der Waals surface area contributed by atoms with E-state index < -0.39 is 17.2 Å². The van der Waals surface area contributed by atoms with Crippen molar-refractivity contribution in [2.24, 2.45) is 11.1 Å². The van der Waals surface area contributed by atoms with E-state index in [1.54, 1.807) is 0 Å². The molecule has 1 amide bonds. The Morgan fingerprint density at radius 3 is 2.60 bits per heavy atom. The van der Waals surface area contributed by atoms with Gasteiger partial charge in [-0.2, -0.15) is 0 Å². The van der Waals surface area contributed by atoms with E-state index in [9.17, 15) is 13.6 Å². The quantitative estimate of drug-likeness (QED) is 0.713. The van der Waals surface area contributed by atoms with E-state index in [0.717, 1.165) is 12.8 Å². The predicted molar refractivity (Wildman–Crippen MR) is 51.5 cm³/mol. The van der Waals surface area contributed by atoms with Gasteiger partial charge in [0.1, 0.15) is 5.41 Å². The molecule has 0 aromatic carbocycles. The summed E-state index contributed by atoms with van der Waals surface area (Å²) in [4.78, 5) is 13.3. The Bertz CT molecular complexity index is 295. The Kier molecular flexibility index (Phi) is 2.26. The van der Waals surface area contributed by atoms with Crippen LogP contribution in [-0.2, 0) is 4.79 Å². The Morgan fingerprint density at radius 1 is 1.53 bits per heavy atom. The molecule has 1 aliphatic carbocycles. The molecule has 3 nitrogen and oxygen atoms in total. The first-order chi connectivity index (χ1) is 6.87. The number of piperidine rings is 1. The molecule has 15 heavy (non-hydrogen) atoms. The molecule has 0 aromatic rings. The smallest absolute Gasteiger partial charge is 0.263 e. The summed E-state index contributed by atoms with van der Waals surface area (Å²) in [5.74, 6) is -3.24. The van der Waals surface area contributed by atoms with Crippen LogP contribution in [0.15, 0.2) is 0 Å². The summed E-state index contributed by atoms with van der Waals surface area (Å²) in [7, 11) is 0. The van der Waals surface area contributed by atoms with Crippen molar-refractivity contribution in [1.29, 1.82) is 0 Å². The van der Waals surface area contributed by atoms with Gasteiger partial charge in [-0.15, -0.1) is 0 Å². The van der Waals surface area contributed by atoms with Gasteiger partial charge >= 0.3 is 0 Å². The van der Waals surface area contributed by atoms with Crippen molar-refractivity contribution in [1.82, 2.24) is 4.90 Å². The average Bonchev–Trinajstić information content (AvgIpc) is 2.66. The molecule has 86 valence electrons. The van der Waals surface area contributed by atoms with E-state index in [1.165, 1.54) is 11.8 Å². The molecule has 2 N–H and O–H groups in total. The molecule has 1 aliphatic heterocycles. The van der Waals surface area contributed by atoms with Crippen molar-refractivity contribution in [3.05, 3.63) is 0 Å². The number of hydrogen-bond donors (Lipinski definition) is 1. The summed E-state index contributed by atoms with van der Waals surface area (Å²) < 4.78 is 26.0. The fourth-order valence-corrected chi connectivity index (χ4v) is 2.18. The number of carbonyl (C=O) groups excluding carboxylic acids is 1. The van der Waals surface area contributed by atoms with E-state index in [-0.39, 0.29) is 12.5 Å².